The van der Waals surface area contributed by atoms with Crippen LogP contribution in [0.2, 0.25) is 0 Å². The van der Waals surface area contributed by atoms with Crippen LogP contribution in [-0.4, -0.2) is 58.1 Å². The molecule has 0 unspecified atom stereocenters. The van der Waals surface area contributed by atoms with Crippen LogP contribution in [0.1, 0.15) is 6.92 Å². The molecule has 8 nitrogen and oxygen atoms in total. The fraction of sp³-hybridized carbons (Fsp3) is 0.300. The number of para-hydroxylation sites is 2. The number of H-pyrrole nitrogens is 2. The summed E-state index contributed by atoms with van der Waals surface area (Å²) in [6.45, 7) is 4.83. The Balaban J connectivity index is 1.37. The number of aromatic hydroxyl groups is 1. The second-order valence-corrected chi connectivity index (χ2v) is 7.02. The van der Waals surface area contributed by atoms with Crippen LogP contribution in [0.25, 0.3) is 11.0 Å². The van der Waals surface area contributed by atoms with Crippen LogP contribution in [0.15, 0.2) is 47.3 Å². The average Bonchev–Trinajstić information content (AvgIpc) is 3.07. The van der Waals surface area contributed by atoms with Crippen molar-refractivity contribution in [3.05, 3.63) is 52.9 Å². The molecule has 2 aromatic carbocycles. The highest BCUT2D eigenvalue weighted by Crippen LogP contribution is 2.27. The summed E-state index contributed by atoms with van der Waals surface area (Å²) in [5, 5.41) is 12.9. The minimum absolute atomic E-state index is 0.0896. The number of aromatic amines is 2. The van der Waals surface area contributed by atoms with Gasteiger partial charge >= 0.3 is 5.69 Å². The molecule has 0 saturated carbocycles. The molecule has 1 amide bonds. The number of hydrogen-bond acceptors (Lipinski definition) is 5. The van der Waals surface area contributed by atoms with Crippen LogP contribution >= 0.6 is 0 Å². The molecule has 146 valence electrons. The zero-order valence-electron chi connectivity index (χ0n) is 15.6. The van der Waals surface area contributed by atoms with Gasteiger partial charge in [0, 0.05) is 31.9 Å². The van der Waals surface area contributed by atoms with Gasteiger partial charge in [0.15, 0.2) is 0 Å². The molecule has 0 aliphatic carbocycles. The van der Waals surface area contributed by atoms with Crippen molar-refractivity contribution in [3.8, 4) is 5.75 Å². The van der Waals surface area contributed by atoms with Gasteiger partial charge in [0.25, 0.3) is 0 Å². The van der Waals surface area contributed by atoms with Gasteiger partial charge in [0.05, 0.1) is 22.8 Å². The molecular formula is C20H23N5O3. The molecule has 2 heterocycles. The second-order valence-electron chi connectivity index (χ2n) is 7.02. The lowest BCUT2D eigenvalue weighted by Gasteiger charge is -2.38. The van der Waals surface area contributed by atoms with Crippen molar-refractivity contribution >= 4 is 28.3 Å². The quantitative estimate of drug-likeness (QED) is 0.551. The predicted octanol–water partition coefficient (Wildman–Crippen LogP) is 1.71. The third-order valence-electron chi connectivity index (χ3n) is 5.25. The van der Waals surface area contributed by atoms with Gasteiger partial charge in [-0.1, -0.05) is 12.1 Å². The number of anilines is 2. The zero-order chi connectivity index (χ0) is 19.7. The number of phenolic OH excluding ortho intramolecular Hbond substituents is 1. The van der Waals surface area contributed by atoms with Crippen LogP contribution in [0.4, 0.5) is 11.4 Å². The number of nitrogens with zero attached hydrogens (tertiary/aromatic N) is 2. The molecule has 4 N–H and O–H groups in total. The summed E-state index contributed by atoms with van der Waals surface area (Å²) in [6, 6.07) is 12.3. The zero-order valence-corrected chi connectivity index (χ0v) is 15.6. The monoisotopic (exact) mass is 381 g/mol. The highest BCUT2D eigenvalue weighted by Gasteiger charge is 2.26. The summed E-state index contributed by atoms with van der Waals surface area (Å²) in [5.74, 6) is 0.188. The van der Waals surface area contributed by atoms with Gasteiger partial charge in [0.2, 0.25) is 5.91 Å². The molecule has 1 aliphatic rings. The first-order chi connectivity index (χ1) is 13.5. The third kappa shape index (κ3) is 3.59. The summed E-state index contributed by atoms with van der Waals surface area (Å²) in [4.78, 5) is 33.7. The van der Waals surface area contributed by atoms with Gasteiger partial charge < -0.3 is 25.3 Å². The number of aromatic nitrogens is 2. The number of nitrogens with one attached hydrogen (secondary N) is 3. The maximum absolute atomic E-state index is 12.7. The number of piperazine rings is 1. The minimum atomic E-state index is -0.285. The first-order valence-electron chi connectivity index (χ1n) is 9.31. The minimum Gasteiger partial charge on any atom is -0.506 e. The van der Waals surface area contributed by atoms with Gasteiger partial charge in [-0.15, -0.1) is 0 Å². The van der Waals surface area contributed by atoms with Crippen LogP contribution < -0.4 is 15.9 Å². The van der Waals surface area contributed by atoms with Gasteiger partial charge in [-0.05, 0) is 37.3 Å². The largest absolute Gasteiger partial charge is 0.506 e. The Morgan fingerprint density at radius 2 is 1.79 bits per heavy atom. The molecule has 0 spiro atoms. The van der Waals surface area contributed by atoms with E-state index in [9.17, 15) is 14.7 Å². The van der Waals surface area contributed by atoms with E-state index in [-0.39, 0.29) is 23.4 Å². The van der Waals surface area contributed by atoms with Crippen LogP contribution in [-0.2, 0) is 4.79 Å². The fourth-order valence-corrected chi connectivity index (χ4v) is 3.60. The lowest BCUT2D eigenvalue weighted by atomic mass is 10.2. The molecule has 1 aromatic heterocycles. The molecule has 1 atom stereocenters. The van der Waals surface area contributed by atoms with Crippen molar-refractivity contribution < 1.29 is 9.90 Å². The lowest BCUT2D eigenvalue weighted by molar-refractivity contribution is -0.120. The number of carbonyl (C=O) groups excluding carboxylic acids is 1. The Kier molecular flexibility index (Phi) is 4.79. The van der Waals surface area contributed by atoms with E-state index in [4.69, 9.17) is 0 Å². The maximum atomic E-state index is 12.7. The van der Waals surface area contributed by atoms with Gasteiger partial charge in [-0.3, -0.25) is 9.69 Å². The van der Waals surface area contributed by atoms with Crippen molar-refractivity contribution in [2.75, 3.05) is 36.4 Å². The Hall–Kier alpha value is -3.26. The third-order valence-corrected chi connectivity index (χ3v) is 5.25. The number of phenols is 1. The van der Waals surface area contributed by atoms with Crippen molar-refractivity contribution in [1.82, 2.24) is 14.9 Å². The van der Waals surface area contributed by atoms with E-state index in [1.807, 2.05) is 25.1 Å². The van der Waals surface area contributed by atoms with Crippen molar-refractivity contribution in [2.24, 2.45) is 0 Å². The van der Waals surface area contributed by atoms with Crippen LogP contribution in [0.3, 0.4) is 0 Å². The van der Waals surface area contributed by atoms with E-state index in [1.54, 1.807) is 24.3 Å². The molecule has 28 heavy (non-hydrogen) atoms. The average molecular weight is 381 g/mol. The van der Waals surface area contributed by atoms with Gasteiger partial charge in [-0.2, -0.15) is 0 Å². The molecule has 4 rings (SSSR count). The number of imidazole rings is 1. The van der Waals surface area contributed by atoms with E-state index in [2.05, 4.69) is 25.1 Å². The molecule has 1 aliphatic heterocycles. The van der Waals surface area contributed by atoms with Gasteiger partial charge in [0.1, 0.15) is 5.75 Å². The van der Waals surface area contributed by atoms with Crippen molar-refractivity contribution in [1.29, 1.82) is 0 Å². The normalized spacial score (nSPS) is 16.2. The highest BCUT2D eigenvalue weighted by atomic mass is 16.3. The molecule has 3 aromatic rings. The molecule has 0 bridgehead atoms. The van der Waals surface area contributed by atoms with E-state index >= 15 is 0 Å². The summed E-state index contributed by atoms with van der Waals surface area (Å²) >= 11 is 0. The summed E-state index contributed by atoms with van der Waals surface area (Å²) < 4.78 is 0. The number of benzene rings is 2. The predicted molar refractivity (Wildman–Crippen MR) is 109 cm³/mol. The summed E-state index contributed by atoms with van der Waals surface area (Å²) in [5.41, 5.74) is 2.57. The van der Waals surface area contributed by atoms with Gasteiger partial charge in [-0.25, -0.2) is 4.79 Å². The second kappa shape index (κ2) is 7.40. The van der Waals surface area contributed by atoms with Crippen LogP contribution in [0.5, 0.6) is 5.75 Å². The summed E-state index contributed by atoms with van der Waals surface area (Å²) in [6.07, 6.45) is 0. The summed E-state index contributed by atoms with van der Waals surface area (Å²) in [7, 11) is 0. The lowest BCUT2D eigenvalue weighted by Crippen LogP contribution is -2.52. The maximum Gasteiger partial charge on any atom is 0.323 e. The number of rotatable bonds is 4. The topological polar surface area (TPSA) is 104 Å². The van der Waals surface area contributed by atoms with E-state index in [0.29, 0.717) is 16.7 Å². The molecule has 1 fully saturated rings. The fourth-order valence-electron chi connectivity index (χ4n) is 3.60. The SMILES string of the molecule is C[C@@H](C(=O)Nc1ccc2[nH]c(=O)[nH]c2c1)N1CCN(c2ccccc2O)CC1. The van der Waals surface area contributed by atoms with Crippen LogP contribution in [0, 0.1) is 0 Å². The Bertz CT molecular complexity index is 1050. The van der Waals surface area contributed by atoms with Crippen molar-refractivity contribution in [2.45, 2.75) is 13.0 Å². The Labute approximate surface area is 161 Å². The Morgan fingerprint density at radius 1 is 1.07 bits per heavy atom. The van der Waals surface area contributed by atoms with E-state index < -0.39 is 0 Å². The first-order valence-corrected chi connectivity index (χ1v) is 9.31. The van der Waals surface area contributed by atoms with E-state index in [0.717, 1.165) is 31.9 Å². The number of hydrogen-bond donors (Lipinski definition) is 4. The number of fused-ring (bicyclic) bond motifs is 1. The number of amides is 1. The molecule has 0 radical (unpaired) electrons. The smallest absolute Gasteiger partial charge is 0.323 e. The Morgan fingerprint density at radius 3 is 2.54 bits per heavy atom. The molecule has 1 saturated heterocycles. The first kappa shape index (κ1) is 18.1. The molecule has 8 heteroatoms. The standard InChI is InChI=1S/C20H23N5O3/c1-13(19(27)21-14-6-7-15-16(12-14)23-20(28)22-15)24-8-10-25(11-9-24)17-4-2-3-5-18(17)26/h2-7,12-13,26H,8-11H2,1H3,(H,21,27)(H2,22,23,28)/t13-/m0/s1. The van der Waals surface area contributed by atoms with Crippen molar-refractivity contribution in [3.63, 3.8) is 0 Å². The molecular weight excluding hydrogens is 358 g/mol. The highest BCUT2D eigenvalue weighted by molar-refractivity contribution is 5.96. The van der Waals surface area contributed by atoms with E-state index in [1.165, 1.54) is 0 Å². The number of carbonyl (C=O) groups is 1.